The largest absolute Gasteiger partial charge is 0.493 e. The van der Waals surface area contributed by atoms with Crippen molar-refractivity contribution in [3.05, 3.63) is 77.8 Å². The van der Waals surface area contributed by atoms with Crippen LogP contribution < -0.4 is 20.1 Å². The second kappa shape index (κ2) is 10.7. The minimum absolute atomic E-state index is 0.0283. The van der Waals surface area contributed by atoms with Crippen LogP contribution in [0.25, 0.3) is 6.08 Å². The maximum absolute atomic E-state index is 13.6. The van der Waals surface area contributed by atoms with Gasteiger partial charge >= 0.3 is 12.8 Å². The molecule has 1 aromatic heterocycles. The van der Waals surface area contributed by atoms with Crippen LogP contribution in [0.5, 0.6) is 11.5 Å². The first-order chi connectivity index (χ1) is 16.6. The Morgan fingerprint density at radius 2 is 1.83 bits per heavy atom. The van der Waals surface area contributed by atoms with Crippen molar-refractivity contribution in [3.63, 3.8) is 0 Å². The Morgan fingerprint density at radius 3 is 2.46 bits per heavy atom. The molecule has 1 heterocycles. The van der Waals surface area contributed by atoms with E-state index in [1.807, 2.05) is 0 Å². The molecule has 7 nitrogen and oxygen atoms in total. The third-order valence-corrected chi connectivity index (χ3v) is 4.44. The molecule has 3 rings (SSSR count). The number of halogens is 5. The summed E-state index contributed by atoms with van der Waals surface area (Å²) in [6.45, 7) is -3.17. The Morgan fingerprint density at radius 1 is 1.06 bits per heavy atom. The summed E-state index contributed by atoms with van der Waals surface area (Å²) in [6.07, 6.45) is -1.71. The molecule has 0 saturated heterocycles. The Kier molecular flexibility index (Phi) is 7.74. The smallest absolute Gasteiger partial charge is 0.418 e. The maximum Gasteiger partial charge on any atom is 0.418 e. The van der Waals surface area contributed by atoms with Crippen LogP contribution in [0.15, 0.2) is 65.3 Å². The van der Waals surface area contributed by atoms with Gasteiger partial charge in [-0.3, -0.25) is 9.59 Å². The SMILES string of the molecule is COc1cccc(/C=C/C(=O)Nc2ccc(NC(=O)c3ccco3)cc2C(F)(F)F)c1OC(F)F. The van der Waals surface area contributed by atoms with Crippen LogP contribution in [0.3, 0.4) is 0 Å². The average molecular weight is 496 g/mol. The summed E-state index contributed by atoms with van der Waals surface area (Å²) in [5, 5.41) is 4.36. The van der Waals surface area contributed by atoms with E-state index in [2.05, 4.69) is 15.4 Å². The lowest BCUT2D eigenvalue weighted by atomic mass is 10.1. The number of rotatable bonds is 8. The third-order valence-electron chi connectivity index (χ3n) is 4.44. The molecule has 2 N–H and O–H groups in total. The van der Waals surface area contributed by atoms with Gasteiger partial charge in [-0.15, -0.1) is 0 Å². The maximum atomic E-state index is 13.6. The van der Waals surface area contributed by atoms with Crippen LogP contribution in [0.1, 0.15) is 21.7 Å². The summed E-state index contributed by atoms with van der Waals surface area (Å²) >= 11 is 0. The topological polar surface area (TPSA) is 89.8 Å². The molecule has 0 aliphatic heterocycles. The van der Waals surface area contributed by atoms with Crippen molar-refractivity contribution >= 4 is 29.3 Å². The third kappa shape index (κ3) is 6.59. The average Bonchev–Trinajstić information content (AvgIpc) is 3.33. The normalized spacial score (nSPS) is 11.5. The molecule has 0 atom stereocenters. The number of furan rings is 1. The number of carbonyl (C=O) groups is 2. The molecule has 12 heteroatoms. The number of amides is 2. The Balaban J connectivity index is 1.81. The summed E-state index contributed by atoms with van der Waals surface area (Å²) in [5.74, 6) is -2.22. The van der Waals surface area contributed by atoms with E-state index in [9.17, 15) is 31.5 Å². The highest BCUT2D eigenvalue weighted by molar-refractivity contribution is 6.04. The molecular formula is C23H17F5N2O5. The number of para-hydroxylation sites is 1. The van der Waals surface area contributed by atoms with Crippen LogP contribution in [0, 0.1) is 0 Å². The molecule has 0 bridgehead atoms. The zero-order valence-electron chi connectivity index (χ0n) is 17.9. The summed E-state index contributed by atoms with van der Waals surface area (Å²) in [5.41, 5.74) is -1.96. The van der Waals surface area contributed by atoms with E-state index < -0.39 is 35.9 Å². The molecular weight excluding hydrogens is 479 g/mol. The second-order valence-corrected chi connectivity index (χ2v) is 6.77. The first-order valence-electron chi connectivity index (χ1n) is 9.75. The molecule has 0 aliphatic rings. The number of ether oxygens (including phenoxy) is 2. The molecule has 3 aromatic rings. The van der Waals surface area contributed by atoms with Crippen LogP contribution in [-0.2, 0) is 11.0 Å². The second-order valence-electron chi connectivity index (χ2n) is 6.77. The minimum atomic E-state index is -4.87. The van der Waals surface area contributed by atoms with E-state index in [-0.39, 0.29) is 28.5 Å². The van der Waals surface area contributed by atoms with E-state index in [1.165, 1.54) is 43.7 Å². The fourth-order valence-electron chi connectivity index (χ4n) is 2.95. The molecule has 0 fully saturated rings. The highest BCUT2D eigenvalue weighted by Crippen LogP contribution is 2.37. The Labute approximate surface area is 195 Å². The van der Waals surface area contributed by atoms with Crippen LogP contribution in [0.4, 0.5) is 33.3 Å². The van der Waals surface area contributed by atoms with Gasteiger partial charge in [0.2, 0.25) is 5.91 Å². The molecule has 184 valence electrons. The number of methoxy groups -OCH3 is 1. The van der Waals surface area contributed by atoms with Gasteiger partial charge in [0.05, 0.1) is 24.6 Å². The molecule has 0 radical (unpaired) electrons. The van der Waals surface area contributed by atoms with Gasteiger partial charge in [-0.1, -0.05) is 12.1 Å². The molecule has 0 aliphatic carbocycles. The van der Waals surface area contributed by atoms with E-state index in [0.717, 1.165) is 24.3 Å². The van der Waals surface area contributed by atoms with Crippen molar-refractivity contribution < 1.29 is 45.4 Å². The zero-order chi connectivity index (χ0) is 25.6. The van der Waals surface area contributed by atoms with Crippen molar-refractivity contribution in [1.29, 1.82) is 0 Å². The molecule has 2 aromatic carbocycles. The van der Waals surface area contributed by atoms with Crippen molar-refractivity contribution in [3.8, 4) is 11.5 Å². The number of hydrogen-bond acceptors (Lipinski definition) is 5. The zero-order valence-corrected chi connectivity index (χ0v) is 17.9. The van der Waals surface area contributed by atoms with Crippen LogP contribution >= 0.6 is 0 Å². The summed E-state index contributed by atoms with van der Waals surface area (Å²) in [6, 6.07) is 9.70. The number of carbonyl (C=O) groups excluding carboxylic acids is 2. The fraction of sp³-hybridized carbons (Fsp3) is 0.130. The van der Waals surface area contributed by atoms with Gasteiger partial charge in [-0.05, 0) is 42.5 Å². The predicted octanol–water partition coefficient (Wildman–Crippen LogP) is 5.81. The lowest BCUT2D eigenvalue weighted by Gasteiger charge is -2.15. The van der Waals surface area contributed by atoms with Crippen molar-refractivity contribution in [2.24, 2.45) is 0 Å². The lowest BCUT2D eigenvalue weighted by molar-refractivity contribution is -0.136. The van der Waals surface area contributed by atoms with E-state index in [0.29, 0.717) is 6.07 Å². The van der Waals surface area contributed by atoms with Crippen molar-refractivity contribution in [2.45, 2.75) is 12.8 Å². The summed E-state index contributed by atoms with van der Waals surface area (Å²) in [4.78, 5) is 24.3. The van der Waals surface area contributed by atoms with Crippen LogP contribution in [-0.4, -0.2) is 25.5 Å². The molecule has 0 saturated carbocycles. The number of benzene rings is 2. The predicted molar refractivity (Wildman–Crippen MR) is 115 cm³/mol. The fourth-order valence-corrected chi connectivity index (χ4v) is 2.95. The number of anilines is 2. The van der Waals surface area contributed by atoms with E-state index in [4.69, 9.17) is 9.15 Å². The van der Waals surface area contributed by atoms with Gasteiger partial charge in [-0.2, -0.15) is 22.0 Å². The number of hydrogen-bond donors (Lipinski definition) is 2. The lowest BCUT2D eigenvalue weighted by Crippen LogP contribution is -2.16. The van der Waals surface area contributed by atoms with Gasteiger partial charge < -0.3 is 24.5 Å². The summed E-state index contributed by atoms with van der Waals surface area (Å²) < 4.78 is 80.5. The van der Waals surface area contributed by atoms with E-state index >= 15 is 0 Å². The highest BCUT2D eigenvalue weighted by atomic mass is 19.4. The standard InChI is InChI=1S/C23H17F5N2O5/c1-33-17-5-2-4-13(20(17)35-22(24)25)7-10-19(31)30-16-9-8-14(12-15(16)23(26,27)28)29-21(32)18-6-3-11-34-18/h2-12,22H,1H3,(H,29,32)(H,30,31)/b10-7+. The molecule has 35 heavy (non-hydrogen) atoms. The van der Waals surface area contributed by atoms with Crippen molar-refractivity contribution in [1.82, 2.24) is 0 Å². The van der Waals surface area contributed by atoms with Gasteiger partial charge in [0.25, 0.3) is 5.91 Å². The molecule has 0 unspecified atom stereocenters. The summed E-state index contributed by atoms with van der Waals surface area (Å²) in [7, 11) is 1.23. The Hall–Kier alpha value is -4.35. The monoisotopic (exact) mass is 496 g/mol. The number of nitrogens with one attached hydrogen (secondary N) is 2. The highest BCUT2D eigenvalue weighted by Gasteiger charge is 2.34. The van der Waals surface area contributed by atoms with E-state index in [1.54, 1.807) is 0 Å². The van der Waals surface area contributed by atoms with Crippen LogP contribution in [0.2, 0.25) is 0 Å². The van der Waals surface area contributed by atoms with Crippen molar-refractivity contribution in [2.75, 3.05) is 17.7 Å². The molecule has 2 amide bonds. The quantitative estimate of drug-likeness (QED) is 0.303. The van der Waals surface area contributed by atoms with Gasteiger partial charge in [0.1, 0.15) is 0 Å². The van der Waals surface area contributed by atoms with Gasteiger partial charge in [0.15, 0.2) is 17.3 Å². The first kappa shape index (κ1) is 25.3. The molecule has 0 spiro atoms. The Bertz CT molecular complexity index is 1220. The van der Waals surface area contributed by atoms with Gasteiger partial charge in [0, 0.05) is 17.3 Å². The van der Waals surface area contributed by atoms with Gasteiger partial charge in [-0.25, -0.2) is 0 Å². The minimum Gasteiger partial charge on any atom is -0.493 e. The number of alkyl halides is 5. The first-order valence-corrected chi connectivity index (χ1v) is 9.75.